The SMILES string of the molecule is CCn1nc(-c2ccc(Cl)cc2)c2c(NS(C)(=O)=O)ncnc21. The van der Waals surface area contributed by atoms with E-state index in [1.165, 1.54) is 6.33 Å². The molecule has 3 aromatic rings. The summed E-state index contributed by atoms with van der Waals surface area (Å²) < 4.78 is 27.3. The molecule has 0 aliphatic carbocycles. The topological polar surface area (TPSA) is 89.8 Å². The fourth-order valence-electron chi connectivity index (χ4n) is 2.29. The molecule has 0 spiro atoms. The van der Waals surface area contributed by atoms with Crippen molar-refractivity contribution in [1.82, 2.24) is 19.7 Å². The molecule has 0 atom stereocenters. The molecule has 23 heavy (non-hydrogen) atoms. The summed E-state index contributed by atoms with van der Waals surface area (Å²) in [6.07, 6.45) is 2.39. The van der Waals surface area contributed by atoms with Crippen LogP contribution in [0.1, 0.15) is 6.92 Å². The van der Waals surface area contributed by atoms with Gasteiger partial charge in [-0.1, -0.05) is 23.7 Å². The highest BCUT2D eigenvalue weighted by molar-refractivity contribution is 7.92. The van der Waals surface area contributed by atoms with Gasteiger partial charge >= 0.3 is 0 Å². The molecule has 0 unspecified atom stereocenters. The van der Waals surface area contributed by atoms with Crippen LogP contribution in [0.3, 0.4) is 0 Å². The van der Waals surface area contributed by atoms with Crippen LogP contribution < -0.4 is 4.72 Å². The van der Waals surface area contributed by atoms with Crippen molar-refractivity contribution in [3.8, 4) is 11.3 Å². The van der Waals surface area contributed by atoms with E-state index in [9.17, 15) is 8.42 Å². The summed E-state index contributed by atoms with van der Waals surface area (Å²) in [6.45, 7) is 2.53. The van der Waals surface area contributed by atoms with E-state index in [1.54, 1.807) is 16.8 Å². The number of anilines is 1. The molecule has 0 fully saturated rings. The maximum atomic E-state index is 11.6. The van der Waals surface area contributed by atoms with Gasteiger partial charge in [0, 0.05) is 17.1 Å². The first-order chi connectivity index (χ1) is 10.9. The summed E-state index contributed by atoms with van der Waals surface area (Å²) in [6, 6.07) is 7.14. The predicted octanol–water partition coefficient (Wildman–Crippen LogP) is 2.54. The number of halogens is 1. The van der Waals surface area contributed by atoms with Crippen LogP contribution in [0, 0.1) is 0 Å². The minimum Gasteiger partial charge on any atom is -0.267 e. The number of sulfonamides is 1. The third-order valence-corrected chi connectivity index (χ3v) is 4.04. The van der Waals surface area contributed by atoms with Crippen LogP contribution in [0.4, 0.5) is 5.82 Å². The molecule has 1 N–H and O–H groups in total. The fraction of sp³-hybridized carbons (Fsp3) is 0.214. The summed E-state index contributed by atoms with van der Waals surface area (Å²) in [7, 11) is -3.47. The molecule has 3 rings (SSSR count). The highest BCUT2D eigenvalue weighted by Gasteiger charge is 2.19. The smallest absolute Gasteiger partial charge is 0.230 e. The summed E-state index contributed by atoms with van der Waals surface area (Å²) in [5.41, 5.74) is 1.97. The van der Waals surface area contributed by atoms with Crippen molar-refractivity contribution in [3.63, 3.8) is 0 Å². The van der Waals surface area contributed by atoms with Gasteiger partial charge in [0.2, 0.25) is 10.0 Å². The van der Waals surface area contributed by atoms with Gasteiger partial charge in [-0.25, -0.2) is 23.1 Å². The number of aromatic nitrogens is 4. The number of hydrogen-bond donors (Lipinski definition) is 1. The summed E-state index contributed by atoms with van der Waals surface area (Å²) in [5, 5.41) is 5.70. The number of hydrogen-bond acceptors (Lipinski definition) is 5. The summed E-state index contributed by atoms with van der Waals surface area (Å²) in [4.78, 5) is 8.30. The second kappa shape index (κ2) is 5.78. The van der Waals surface area contributed by atoms with Crippen molar-refractivity contribution in [2.24, 2.45) is 0 Å². The first kappa shape index (κ1) is 15.7. The minimum absolute atomic E-state index is 0.210. The monoisotopic (exact) mass is 351 g/mol. The Kier molecular flexibility index (Phi) is 3.95. The Morgan fingerprint density at radius 2 is 1.91 bits per heavy atom. The van der Waals surface area contributed by atoms with Crippen LogP contribution >= 0.6 is 11.6 Å². The van der Waals surface area contributed by atoms with Crippen molar-refractivity contribution < 1.29 is 8.42 Å². The lowest BCUT2D eigenvalue weighted by Gasteiger charge is -2.05. The molecule has 2 aromatic heterocycles. The van der Waals surface area contributed by atoms with Gasteiger partial charge in [0.05, 0.1) is 11.6 Å². The zero-order valence-electron chi connectivity index (χ0n) is 12.5. The molecule has 0 aliphatic heterocycles. The Balaban J connectivity index is 2.30. The summed E-state index contributed by atoms with van der Waals surface area (Å²) in [5.74, 6) is 0.210. The van der Waals surface area contributed by atoms with E-state index >= 15 is 0 Å². The molecule has 9 heteroatoms. The highest BCUT2D eigenvalue weighted by atomic mass is 35.5. The number of nitrogens with zero attached hydrogens (tertiary/aromatic N) is 4. The van der Waals surface area contributed by atoms with E-state index in [-0.39, 0.29) is 5.82 Å². The van der Waals surface area contributed by atoms with E-state index in [1.807, 2.05) is 19.1 Å². The van der Waals surface area contributed by atoms with E-state index in [4.69, 9.17) is 11.6 Å². The van der Waals surface area contributed by atoms with E-state index in [0.29, 0.717) is 28.3 Å². The van der Waals surface area contributed by atoms with Crippen molar-refractivity contribution >= 4 is 38.5 Å². The van der Waals surface area contributed by atoms with Crippen molar-refractivity contribution in [1.29, 1.82) is 0 Å². The molecule has 0 bridgehead atoms. The molecule has 120 valence electrons. The largest absolute Gasteiger partial charge is 0.267 e. The lowest BCUT2D eigenvalue weighted by molar-refractivity contribution is 0.606. The van der Waals surface area contributed by atoms with Gasteiger partial charge in [-0.2, -0.15) is 5.10 Å². The number of rotatable bonds is 4. The number of benzene rings is 1. The molecular formula is C14H14ClN5O2S. The van der Waals surface area contributed by atoms with Crippen molar-refractivity contribution in [2.45, 2.75) is 13.5 Å². The molecule has 0 saturated heterocycles. The second-order valence-electron chi connectivity index (χ2n) is 4.97. The van der Waals surface area contributed by atoms with Gasteiger partial charge in [0.25, 0.3) is 0 Å². The van der Waals surface area contributed by atoms with Gasteiger partial charge in [-0.05, 0) is 19.1 Å². The number of aryl methyl sites for hydroxylation is 1. The zero-order chi connectivity index (χ0) is 16.6. The van der Waals surface area contributed by atoms with Crippen LogP contribution in [0.5, 0.6) is 0 Å². The molecule has 0 aliphatic rings. The number of fused-ring (bicyclic) bond motifs is 1. The third-order valence-electron chi connectivity index (χ3n) is 3.23. The molecule has 2 heterocycles. The molecular weight excluding hydrogens is 338 g/mol. The Bertz CT molecular complexity index is 967. The third kappa shape index (κ3) is 3.13. The van der Waals surface area contributed by atoms with E-state index in [0.717, 1.165) is 11.8 Å². The lowest BCUT2D eigenvalue weighted by atomic mass is 10.1. The summed E-state index contributed by atoms with van der Waals surface area (Å²) >= 11 is 5.93. The van der Waals surface area contributed by atoms with Gasteiger partial charge in [0.1, 0.15) is 12.0 Å². The molecule has 0 radical (unpaired) electrons. The fourth-order valence-corrected chi connectivity index (χ4v) is 2.92. The van der Waals surface area contributed by atoms with E-state index in [2.05, 4.69) is 19.8 Å². The van der Waals surface area contributed by atoms with Crippen molar-refractivity contribution in [2.75, 3.05) is 11.0 Å². The number of nitrogens with one attached hydrogen (secondary N) is 1. The Morgan fingerprint density at radius 3 is 2.52 bits per heavy atom. The molecule has 1 aromatic carbocycles. The Labute approximate surface area is 138 Å². The van der Waals surface area contributed by atoms with Crippen LogP contribution in [-0.2, 0) is 16.6 Å². The Morgan fingerprint density at radius 1 is 1.22 bits per heavy atom. The van der Waals surface area contributed by atoms with Gasteiger partial charge in [-0.3, -0.25) is 4.72 Å². The average Bonchev–Trinajstić information content (AvgIpc) is 2.86. The Hall–Kier alpha value is -2.19. The minimum atomic E-state index is -3.47. The van der Waals surface area contributed by atoms with Gasteiger partial charge in [0.15, 0.2) is 11.5 Å². The van der Waals surface area contributed by atoms with Crippen LogP contribution in [0.2, 0.25) is 5.02 Å². The predicted molar refractivity (Wildman–Crippen MR) is 89.9 cm³/mol. The first-order valence-electron chi connectivity index (χ1n) is 6.84. The first-order valence-corrected chi connectivity index (χ1v) is 9.11. The highest BCUT2D eigenvalue weighted by Crippen LogP contribution is 2.32. The van der Waals surface area contributed by atoms with Crippen LogP contribution in [0.25, 0.3) is 22.3 Å². The standard InChI is InChI=1S/C14H14ClN5O2S/c1-3-20-14-11(13(16-8-17-14)19-23(2,21)22)12(18-20)9-4-6-10(15)7-5-9/h4-8H,3H2,1-2H3,(H,16,17,19). The second-order valence-corrected chi connectivity index (χ2v) is 7.15. The van der Waals surface area contributed by atoms with Gasteiger partial charge in [-0.15, -0.1) is 0 Å². The lowest BCUT2D eigenvalue weighted by Crippen LogP contribution is -2.11. The maximum absolute atomic E-state index is 11.6. The average molecular weight is 352 g/mol. The normalized spacial score (nSPS) is 11.8. The van der Waals surface area contributed by atoms with Gasteiger partial charge < -0.3 is 0 Å². The van der Waals surface area contributed by atoms with E-state index < -0.39 is 10.0 Å². The molecule has 0 saturated carbocycles. The quantitative estimate of drug-likeness (QED) is 0.780. The molecule has 7 nitrogen and oxygen atoms in total. The zero-order valence-corrected chi connectivity index (χ0v) is 14.1. The van der Waals surface area contributed by atoms with Crippen LogP contribution in [0.15, 0.2) is 30.6 Å². The van der Waals surface area contributed by atoms with Crippen molar-refractivity contribution in [3.05, 3.63) is 35.6 Å². The molecule has 0 amide bonds. The maximum Gasteiger partial charge on any atom is 0.230 e. The van der Waals surface area contributed by atoms with Crippen LogP contribution in [-0.4, -0.2) is 34.4 Å².